The molecule has 12 aromatic carbocycles. The van der Waals surface area contributed by atoms with E-state index in [0.29, 0.717) is 0 Å². The van der Waals surface area contributed by atoms with Gasteiger partial charge in [0.05, 0.1) is 0 Å². The van der Waals surface area contributed by atoms with Crippen molar-refractivity contribution < 1.29 is 0 Å². The number of hydrogen-bond donors (Lipinski definition) is 0. The van der Waals surface area contributed by atoms with E-state index in [2.05, 4.69) is 317 Å². The lowest BCUT2D eigenvalue weighted by Crippen LogP contribution is -2.67. The lowest BCUT2D eigenvalue weighted by Gasteiger charge is -2.71. The minimum absolute atomic E-state index is 0.150. The van der Waals surface area contributed by atoms with Crippen LogP contribution in [0.3, 0.4) is 0 Å². The van der Waals surface area contributed by atoms with Gasteiger partial charge in [-0.2, -0.15) is 0 Å². The maximum atomic E-state index is 3.57. The summed E-state index contributed by atoms with van der Waals surface area (Å²) in [5.41, 5.74) is 17.7. The van der Waals surface area contributed by atoms with Gasteiger partial charge in [-0.3, -0.25) is 0 Å². The van der Waals surface area contributed by atoms with E-state index in [9.17, 15) is 0 Å². The molecule has 106 heavy (non-hydrogen) atoms. The van der Waals surface area contributed by atoms with E-state index in [-0.39, 0.29) is 21.7 Å². The Kier molecular flexibility index (Phi) is 26.9. The predicted octanol–water partition coefficient (Wildman–Crippen LogP) is 23.5. The van der Waals surface area contributed by atoms with Crippen molar-refractivity contribution in [3.05, 3.63) is 429 Å². The molecule has 4 fully saturated rings. The fourth-order valence-corrected chi connectivity index (χ4v) is 15.1. The zero-order chi connectivity index (χ0) is 73.2. The van der Waals surface area contributed by atoms with Crippen molar-refractivity contribution in [1.82, 2.24) is 0 Å². The van der Waals surface area contributed by atoms with Gasteiger partial charge < -0.3 is 0 Å². The Labute approximate surface area is 632 Å². The second kappa shape index (κ2) is 38.4. The lowest BCUT2D eigenvalue weighted by atomic mass is 9.32. The summed E-state index contributed by atoms with van der Waals surface area (Å²) in [6.45, 7) is 8.21. The first-order chi connectivity index (χ1) is 52.2. The molecule has 0 unspecified atom stereocenters. The summed E-state index contributed by atoms with van der Waals surface area (Å²) < 4.78 is 0. The van der Waals surface area contributed by atoms with Gasteiger partial charge in [-0.1, -0.05) is 317 Å². The molecule has 16 rings (SSSR count). The molecule has 4 bridgehead atoms. The number of benzene rings is 12. The molecule has 4 aliphatic carbocycles. The van der Waals surface area contributed by atoms with Crippen LogP contribution < -0.4 is 0 Å². The van der Waals surface area contributed by atoms with Crippen LogP contribution >= 0.6 is 0 Å². The molecule has 0 heterocycles. The third-order valence-electron chi connectivity index (χ3n) is 19.2. The van der Waals surface area contributed by atoms with Crippen LogP contribution in [0.15, 0.2) is 340 Å². The van der Waals surface area contributed by atoms with Crippen molar-refractivity contribution in [3.63, 3.8) is 0 Å². The largest absolute Gasteiger partial charge is 0.0982 e. The SMILES string of the molecule is C(#Cc1cccc(C23CC4(c5cccc(C#Cc6ccccc6)c5)CC(c5cccc(C#Cc6ccccc6)c5)(C2)CC(c2cccc(C#Cc5ccccc5)c2)(C3)C4)c1)c1ccccc1.CCC#Cc1ccccc1.CCC#Cc1ccccc1.CCC#Cc1ccccc1.CCC#Cc1ccccc1. The van der Waals surface area contributed by atoms with Gasteiger partial charge in [0.25, 0.3) is 0 Å². The average Bonchev–Trinajstić information content (AvgIpc) is 0.666. The Morgan fingerprint density at radius 1 is 0.170 bits per heavy atom. The average molecular weight is 1360 g/mol. The van der Waals surface area contributed by atoms with Gasteiger partial charge in [-0.25, -0.2) is 0 Å². The molecule has 0 atom stereocenters. The zero-order valence-corrected chi connectivity index (χ0v) is 61.4. The highest BCUT2D eigenvalue weighted by atomic mass is 14.7. The molecule has 0 amide bonds. The van der Waals surface area contributed by atoms with E-state index in [0.717, 1.165) is 131 Å². The summed E-state index contributed by atoms with van der Waals surface area (Å²) in [6, 6.07) is 118. The predicted molar refractivity (Wildman–Crippen MR) is 444 cm³/mol. The van der Waals surface area contributed by atoms with Gasteiger partial charge in [0.2, 0.25) is 0 Å². The third-order valence-corrected chi connectivity index (χ3v) is 19.2. The summed E-state index contributed by atoms with van der Waals surface area (Å²) in [6.07, 6.45) is 10.0. The van der Waals surface area contributed by atoms with Gasteiger partial charge in [0, 0.05) is 92.4 Å². The first kappa shape index (κ1) is 74.3. The van der Waals surface area contributed by atoms with E-state index < -0.39 is 0 Å². The lowest BCUT2D eigenvalue weighted by molar-refractivity contribution is -0.0692. The van der Waals surface area contributed by atoms with Crippen LogP contribution in [0.2, 0.25) is 0 Å². The molecule has 4 aliphatic rings. The normalized spacial score (nSPS) is 16.7. The Morgan fingerprint density at radius 3 is 0.472 bits per heavy atom. The van der Waals surface area contributed by atoms with Crippen molar-refractivity contribution in [2.45, 2.75) is 114 Å². The molecule has 0 radical (unpaired) electrons. The molecular formula is C106H88. The van der Waals surface area contributed by atoms with Crippen LogP contribution in [0.25, 0.3) is 0 Å². The summed E-state index contributed by atoms with van der Waals surface area (Å²) in [5.74, 6) is 52.4. The van der Waals surface area contributed by atoms with E-state index in [4.69, 9.17) is 0 Å². The monoisotopic (exact) mass is 1360 g/mol. The zero-order valence-electron chi connectivity index (χ0n) is 61.4. The Bertz CT molecular complexity index is 4640. The Balaban J connectivity index is 0.000000224. The van der Waals surface area contributed by atoms with Crippen LogP contribution in [0.4, 0.5) is 0 Å². The highest BCUT2D eigenvalue weighted by molar-refractivity contribution is 5.57. The van der Waals surface area contributed by atoms with Crippen LogP contribution in [-0.2, 0) is 21.7 Å². The van der Waals surface area contributed by atoms with Gasteiger partial charge in [0.1, 0.15) is 0 Å². The maximum Gasteiger partial charge on any atom is 0.0251 e. The van der Waals surface area contributed by atoms with E-state index >= 15 is 0 Å². The first-order valence-electron chi connectivity index (χ1n) is 37.1. The first-order valence-corrected chi connectivity index (χ1v) is 37.1. The molecular weight excluding hydrogens is 1270 g/mol. The third kappa shape index (κ3) is 21.1. The standard InChI is InChI=1S/C66H48.4C10H10/c1-5-17-51(18-6-1)33-37-55-25-13-29-59(41-55)63-45-64(60-30-14-26-56(42-60)38-34-52-19-7-2-8-20-52)48-65(46-63,61-31-15-27-57(43-61)39-35-53-21-9-3-10-22-53)50-66(47-63,49-64)62-32-16-28-58(44-62)40-36-54-23-11-4-12-24-54;4*1-2-3-7-10-8-5-4-6-9-10/h1-32,41-44H,45-50H2;4*4-6,8-9H,2H2,1H3. The van der Waals surface area contributed by atoms with Crippen molar-refractivity contribution >= 4 is 0 Å². The molecule has 0 spiro atoms. The van der Waals surface area contributed by atoms with E-state index in [1.807, 2.05) is 146 Å². The highest BCUT2D eigenvalue weighted by Gasteiger charge is 2.69. The summed E-state index contributed by atoms with van der Waals surface area (Å²) in [7, 11) is 0. The van der Waals surface area contributed by atoms with Gasteiger partial charge in [0.15, 0.2) is 0 Å². The molecule has 0 aromatic heterocycles. The smallest absolute Gasteiger partial charge is 0.0251 e. The van der Waals surface area contributed by atoms with Crippen LogP contribution in [0.5, 0.6) is 0 Å². The summed E-state index contributed by atoms with van der Waals surface area (Å²) in [4.78, 5) is 0. The van der Waals surface area contributed by atoms with Crippen LogP contribution in [0, 0.1) is 94.7 Å². The second-order valence-electron chi connectivity index (χ2n) is 27.1. The topological polar surface area (TPSA) is 0 Å². The highest BCUT2D eigenvalue weighted by Crippen LogP contribution is 2.75. The Hall–Kier alpha value is -12.9. The van der Waals surface area contributed by atoms with E-state index in [1.165, 1.54) is 22.3 Å². The van der Waals surface area contributed by atoms with Crippen molar-refractivity contribution in [1.29, 1.82) is 0 Å². The van der Waals surface area contributed by atoms with Crippen molar-refractivity contribution in [3.8, 4) is 94.7 Å². The van der Waals surface area contributed by atoms with Gasteiger partial charge >= 0.3 is 0 Å². The van der Waals surface area contributed by atoms with Crippen LogP contribution in [0.1, 0.15) is 181 Å². The van der Waals surface area contributed by atoms with Gasteiger partial charge in [-0.15, -0.1) is 0 Å². The molecule has 12 aromatic rings. The van der Waals surface area contributed by atoms with Gasteiger partial charge in [-0.05, 0) is 228 Å². The molecule has 0 nitrogen and oxygen atoms in total. The number of hydrogen-bond acceptors (Lipinski definition) is 0. The minimum Gasteiger partial charge on any atom is -0.0982 e. The molecule has 0 saturated heterocycles. The fourth-order valence-electron chi connectivity index (χ4n) is 15.1. The summed E-state index contributed by atoms with van der Waals surface area (Å²) in [5, 5.41) is 0. The Morgan fingerprint density at radius 2 is 0.311 bits per heavy atom. The molecule has 0 N–H and O–H groups in total. The molecule has 0 aliphatic heterocycles. The minimum atomic E-state index is -0.150. The van der Waals surface area contributed by atoms with Crippen LogP contribution in [-0.4, -0.2) is 0 Å². The molecule has 0 heteroatoms. The quantitative estimate of drug-likeness (QED) is 0.154. The summed E-state index contributed by atoms with van der Waals surface area (Å²) >= 11 is 0. The van der Waals surface area contributed by atoms with E-state index in [1.54, 1.807) is 0 Å². The van der Waals surface area contributed by atoms with Crippen molar-refractivity contribution in [2.75, 3.05) is 0 Å². The molecule has 512 valence electrons. The maximum absolute atomic E-state index is 3.57. The van der Waals surface area contributed by atoms with Crippen molar-refractivity contribution in [2.24, 2.45) is 0 Å². The fraction of sp³-hybridized carbons (Fsp3) is 0.170. The second-order valence-corrected chi connectivity index (χ2v) is 27.1. The number of rotatable bonds is 4. The molecule has 4 saturated carbocycles.